The van der Waals surface area contributed by atoms with Gasteiger partial charge in [0.1, 0.15) is 11.5 Å². The highest BCUT2D eigenvalue weighted by molar-refractivity contribution is 9.10. The molecule has 0 aromatic heterocycles. The normalized spacial score (nSPS) is 19.1. The zero-order valence-electron chi connectivity index (χ0n) is 18.4. The third-order valence-electron chi connectivity index (χ3n) is 6.07. The quantitative estimate of drug-likeness (QED) is 0.343. The SMILES string of the molecule is CCCCOc1ccc(C2Oc3ccc(Br)cc3C3CC(c4ccc(C)cc4)=NN32)cc1. The van der Waals surface area contributed by atoms with E-state index in [4.69, 9.17) is 14.6 Å². The van der Waals surface area contributed by atoms with Gasteiger partial charge in [-0.25, -0.2) is 5.01 Å². The molecular weight excluding hydrogens is 464 g/mol. The van der Waals surface area contributed by atoms with Crippen molar-refractivity contribution in [1.82, 2.24) is 5.01 Å². The van der Waals surface area contributed by atoms with Gasteiger partial charge < -0.3 is 9.47 Å². The Kier molecular flexibility index (Phi) is 5.92. The topological polar surface area (TPSA) is 34.1 Å². The molecule has 0 saturated heterocycles. The second-order valence-electron chi connectivity index (χ2n) is 8.44. The van der Waals surface area contributed by atoms with Gasteiger partial charge in [-0.2, -0.15) is 5.10 Å². The van der Waals surface area contributed by atoms with Gasteiger partial charge in [0.15, 0.2) is 0 Å². The van der Waals surface area contributed by atoms with E-state index in [1.807, 2.05) is 18.2 Å². The van der Waals surface area contributed by atoms with Gasteiger partial charge in [-0.1, -0.05) is 59.1 Å². The maximum absolute atomic E-state index is 6.49. The Morgan fingerprint density at radius 1 is 1.06 bits per heavy atom. The largest absolute Gasteiger partial charge is 0.494 e. The molecule has 164 valence electrons. The van der Waals surface area contributed by atoms with E-state index >= 15 is 0 Å². The number of benzene rings is 3. The maximum Gasteiger partial charge on any atom is 0.213 e. The van der Waals surface area contributed by atoms with E-state index in [-0.39, 0.29) is 12.3 Å². The van der Waals surface area contributed by atoms with Crippen LogP contribution in [0.25, 0.3) is 0 Å². The van der Waals surface area contributed by atoms with Gasteiger partial charge >= 0.3 is 0 Å². The lowest BCUT2D eigenvalue weighted by Gasteiger charge is -2.38. The lowest BCUT2D eigenvalue weighted by Crippen LogP contribution is -2.33. The van der Waals surface area contributed by atoms with Gasteiger partial charge in [-0.3, -0.25) is 0 Å². The number of hydrogen-bond donors (Lipinski definition) is 0. The smallest absolute Gasteiger partial charge is 0.213 e. The summed E-state index contributed by atoms with van der Waals surface area (Å²) in [7, 11) is 0. The molecule has 0 saturated carbocycles. The Hall–Kier alpha value is -2.79. The monoisotopic (exact) mass is 490 g/mol. The van der Waals surface area contributed by atoms with Crippen molar-refractivity contribution in [3.05, 3.63) is 93.5 Å². The summed E-state index contributed by atoms with van der Waals surface area (Å²) >= 11 is 3.62. The Balaban J connectivity index is 1.48. The number of unbranched alkanes of at least 4 members (excludes halogenated alkanes) is 1. The van der Waals surface area contributed by atoms with Crippen molar-refractivity contribution in [2.24, 2.45) is 5.10 Å². The van der Waals surface area contributed by atoms with Crippen LogP contribution in [-0.2, 0) is 0 Å². The molecule has 5 heteroatoms. The predicted octanol–water partition coefficient (Wildman–Crippen LogP) is 7.18. The van der Waals surface area contributed by atoms with Crippen LogP contribution in [0, 0.1) is 6.92 Å². The van der Waals surface area contributed by atoms with Crippen molar-refractivity contribution in [3.8, 4) is 11.5 Å². The average molecular weight is 491 g/mol. The second-order valence-corrected chi connectivity index (χ2v) is 9.35. The van der Waals surface area contributed by atoms with E-state index in [0.717, 1.165) is 53.1 Å². The first kappa shape index (κ1) is 21.1. The molecule has 3 aromatic rings. The van der Waals surface area contributed by atoms with Gasteiger partial charge in [0.05, 0.1) is 18.4 Å². The molecule has 0 spiro atoms. The molecule has 5 rings (SSSR count). The molecule has 0 radical (unpaired) electrons. The molecule has 2 heterocycles. The number of fused-ring (bicyclic) bond motifs is 3. The number of ether oxygens (including phenoxy) is 2. The second kappa shape index (κ2) is 8.99. The zero-order valence-corrected chi connectivity index (χ0v) is 20.0. The maximum atomic E-state index is 6.49. The van der Waals surface area contributed by atoms with Crippen molar-refractivity contribution in [3.63, 3.8) is 0 Å². The summed E-state index contributed by atoms with van der Waals surface area (Å²) in [6.07, 6.45) is 2.76. The minimum atomic E-state index is -0.277. The number of nitrogens with zero attached hydrogens (tertiary/aromatic N) is 2. The number of hydrazone groups is 1. The van der Waals surface area contributed by atoms with Gasteiger partial charge in [0, 0.05) is 22.0 Å². The molecule has 2 atom stereocenters. The minimum Gasteiger partial charge on any atom is -0.494 e. The molecule has 0 amide bonds. The van der Waals surface area contributed by atoms with E-state index in [9.17, 15) is 0 Å². The number of aryl methyl sites for hydroxylation is 1. The summed E-state index contributed by atoms with van der Waals surface area (Å²) in [5.41, 5.74) is 5.75. The highest BCUT2D eigenvalue weighted by Crippen LogP contribution is 2.48. The summed E-state index contributed by atoms with van der Waals surface area (Å²) in [5.74, 6) is 1.81. The number of halogens is 1. The predicted molar refractivity (Wildman–Crippen MR) is 131 cm³/mol. The molecule has 2 unspecified atom stereocenters. The van der Waals surface area contributed by atoms with E-state index in [1.54, 1.807) is 0 Å². The molecular formula is C27H27BrN2O2. The Morgan fingerprint density at radius 3 is 2.59 bits per heavy atom. The van der Waals surface area contributed by atoms with Crippen molar-refractivity contribution in [1.29, 1.82) is 0 Å². The van der Waals surface area contributed by atoms with Crippen molar-refractivity contribution in [2.75, 3.05) is 6.61 Å². The van der Waals surface area contributed by atoms with Gasteiger partial charge in [0.2, 0.25) is 6.23 Å². The summed E-state index contributed by atoms with van der Waals surface area (Å²) in [5, 5.41) is 7.18. The first-order valence-corrected chi connectivity index (χ1v) is 12.0. The minimum absolute atomic E-state index is 0.137. The lowest BCUT2D eigenvalue weighted by molar-refractivity contribution is -0.0191. The third kappa shape index (κ3) is 4.14. The fourth-order valence-electron chi connectivity index (χ4n) is 4.26. The van der Waals surface area contributed by atoms with Crippen LogP contribution in [0.5, 0.6) is 11.5 Å². The van der Waals surface area contributed by atoms with Gasteiger partial charge in [-0.15, -0.1) is 0 Å². The molecule has 0 N–H and O–H groups in total. The fourth-order valence-corrected chi connectivity index (χ4v) is 4.64. The van der Waals surface area contributed by atoms with Crippen molar-refractivity contribution in [2.45, 2.75) is 45.4 Å². The molecule has 0 fully saturated rings. The van der Waals surface area contributed by atoms with E-state index in [2.05, 4.69) is 83.3 Å². The molecule has 32 heavy (non-hydrogen) atoms. The van der Waals surface area contributed by atoms with Crippen LogP contribution in [0.15, 0.2) is 76.3 Å². The highest BCUT2D eigenvalue weighted by atomic mass is 79.9. The first-order valence-electron chi connectivity index (χ1n) is 11.2. The van der Waals surface area contributed by atoms with Crippen LogP contribution >= 0.6 is 15.9 Å². The summed E-state index contributed by atoms with van der Waals surface area (Å²) < 4.78 is 13.4. The van der Waals surface area contributed by atoms with Crippen molar-refractivity contribution < 1.29 is 9.47 Å². The highest BCUT2D eigenvalue weighted by Gasteiger charge is 2.41. The number of hydrogen-bond acceptors (Lipinski definition) is 4. The van der Waals surface area contributed by atoms with Crippen LogP contribution in [-0.4, -0.2) is 17.3 Å². The molecule has 2 aliphatic rings. The zero-order chi connectivity index (χ0) is 22.1. The summed E-state index contributed by atoms with van der Waals surface area (Å²) in [4.78, 5) is 0. The molecule has 3 aromatic carbocycles. The summed E-state index contributed by atoms with van der Waals surface area (Å²) in [6.45, 7) is 5.02. The van der Waals surface area contributed by atoms with Crippen LogP contribution in [0.1, 0.15) is 60.7 Å². The molecule has 2 aliphatic heterocycles. The lowest BCUT2D eigenvalue weighted by atomic mass is 9.95. The van der Waals surface area contributed by atoms with Crippen LogP contribution in [0.4, 0.5) is 0 Å². The van der Waals surface area contributed by atoms with E-state index in [1.165, 1.54) is 16.7 Å². The van der Waals surface area contributed by atoms with Crippen LogP contribution in [0.2, 0.25) is 0 Å². The van der Waals surface area contributed by atoms with Crippen LogP contribution < -0.4 is 9.47 Å². The van der Waals surface area contributed by atoms with Gasteiger partial charge in [0.25, 0.3) is 0 Å². The van der Waals surface area contributed by atoms with E-state index in [0.29, 0.717) is 0 Å². The summed E-state index contributed by atoms with van der Waals surface area (Å²) in [6, 6.07) is 23.2. The van der Waals surface area contributed by atoms with Crippen molar-refractivity contribution >= 4 is 21.6 Å². The van der Waals surface area contributed by atoms with Gasteiger partial charge in [-0.05, 0) is 61.4 Å². The standard InChI is InChI=1S/C27H27BrN2O2/c1-3-4-15-31-22-12-9-20(10-13-22)27-30-25(23-16-21(28)11-14-26(23)32-27)17-24(29-30)19-7-5-18(2)6-8-19/h5-14,16,25,27H,3-4,15,17H2,1-2H3. The molecule has 0 aliphatic carbocycles. The number of rotatable bonds is 6. The van der Waals surface area contributed by atoms with E-state index < -0.39 is 0 Å². The Morgan fingerprint density at radius 2 is 1.84 bits per heavy atom. The average Bonchev–Trinajstić information content (AvgIpc) is 3.26. The fraction of sp³-hybridized carbons (Fsp3) is 0.296. The Bertz CT molecular complexity index is 1130. The third-order valence-corrected chi connectivity index (χ3v) is 6.56. The van der Waals surface area contributed by atoms with Crippen LogP contribution in [0.3, 0.4) is 0 Å². The molecule has 4 nitrogen and oxygen atoms in total. The first-order chi connectivity index (χ1) is 15.6. The Labute approximate surface area is 198 Å². The molecule has 0 bridgehead atoms.